The highest BCUT2D eigenvalue weighted by molar-refractivity contribution is 7.84. The second-order valence-corrected chi connectivity index (χ2v) is 5.04. The van der Waals surface area contributed by atoms with Crippen LogP contribution in [0.25, 0.3) is 0 Å². The zero-order chi connectivity index (χ0) is 11.3. The van der Waals surface area contributed by atoms with Gasteiger partial charge in [-0.15, -0.1) is 0 Å². The zero-order valence-corrected chi connectivity index (χ0v) is 9.95. The van der Waals surface area contributed by atoms with Crippen molar-refractivity contribution in [1.82, 2.24) is 0 Å². The molecule has 0 unspecified atom stereocenters. The third-order valence-corrected chi connectivity index (χ3v) is 2.92. The number of hydrogen-bond acceptors (Lipinski definition) is 2. The van der Waals surface area contributed by atoms with Gasteiger partial charge in [0.2, 0.25) is 0 Å². The first-order valence-electron chi connectivity index (χ1n) is 4.72. The molecule has 0 radical (unpaired) electrons. The van der Waals surface area contributed by atoms with Crippen LogP contribution in [0.3, 0.4) is 0 Å². The molecule has 1 aromatic rings. The monoisotopic (exact) mass is 225 g/mol. The summed E-state index contributed by atoms with van der Waals surface area (Å²) in [5.41, 5.74) is 0.892. The summed E-state index contributed by atoms with van der Waals surface area (Å²) in [5, 5.41) is 0.0480. The summed E-state index contributed by atoms with van der Waals surface area (Å²) in [6.45, 7) is 3.75. The quantitative estimate of drug-likeness (QED) is 0.737. The minimum atomic E-state index is -1.15. The lowest BCUT2D eigenvalue weighted by Gasteiger charge is -2.00. The van der Waals surface area contributed by atoms with Crippen molar-refractivity contribution in [3.8, 4) is 5.75 Å². The summed E-state index contributed by atoms with van der Waals surface area (Å²) < 4.78 is 20.4. The van der Waals surface area contributed by atoms with E-state index in [1.165, 1.54) is 0 Å². The lowest BCUT2D eigenvalue weighted by molar-refractivity contribution is 0.415. The Morgan fingerprint density at radius 2 is 2.20 bits per heavy atom. The maximum atomic E-state index is 11.4. The van der Waals surface area contributed by atoms with E-state index in [9.17, 15) is 4.21 Å². The van der Waals surface area contributed by atoms with Crippen molar-refractivity contribution in [3.05, 3.63) is 29.8 Å². The van der Waals surface area contributed by atoms with Crippen molar-refractivity contribution in [3.63, 3.8) is 0 Å². The van der Waals surface area contributed by atoms with Crippen molar-refractivity contribution in [2.45, 2.75) is 19.1 Å². The molecule has 1 atom stereocenters. The molecule has 1 rings (SSSR count). The Kier molecular flexibility index (Phi) is 4.49. The van der Waals surface area contributed by atoms with Crippen LogP contribution < -0.4 is 4.74 Å². The van der Waals surface area contributed by atoms with Crippen LogP contribution in [0.4, 0.5) is 0 Å². The Bertz CT molecular complexity index is 375. The van der Waals surface area contributed by atoms with Crippen molar-refractivity contribution in [2.24, 2.45) is 4.40 Å². The Morgan fingerprint density at radius 1 is 1.47 bits per heavy atom. The summed E-state index contributed by atoms with van der Waals surface area (Å²) in [4.78, 5) is 0. The number of benzene rings is 1. The fourth-order valence-electron chi connectivity index (χ4n) is 0.956. The minimum Gasteiger partial charge on any atom is -0.497 e. The Hall–Kier alpha value is -1.16. The summed E-state index contributed by atoms with van der Waals surface area (Å²) in [6, 6.07) is 7.47. The highest BCUT2D eigenvalue weighted by Crippen LogP contribution is 2.11. The minimum absolute atomic E-state index is 0.0480. The maximum absolute atomic E-state index is 11.4. The first kappa shape index (κ1) is 11.9. The van der Waals surface area contributed by atoms with Gasteiger partial charge in [0.05, 0.1) is 12.4 Å². The van der Waals surface area contributed by atoms with Gasteiger partial charge in [-0.25, -0.2) is 4.21 Å². The molecule has 0 aliphatic heterocycles. The van der Waals surface area contributed by atoms with Crippen LogP contribution in [0.5, 0.6) is 5.75 Å². The van der Waals surface area contributed by atoms with Gasteiger partial charge in [-0.1, -0.05) is 12.1 Å². The molecule has 1 aromatic carbocycles. The Balaban J connectivity index is 2.76. The van der Waals surface area contributed by atoms with Gasteiger partial charge >= 0.3 is 0 Å². The predicted molar refractivity (Wildman–Crippen MR) is 63.9 cm³/mol. The van der Waals surface area contributed by atoms with E-state index in [-0.39, 0.29) is 5.25 Å². The first-order chi connectivity index (χ1) is 7.13. The standard InChI is InChI=1S/C11H15NO2S/c1-9(2)15(13)12-8-10-5-4-6-11(7-10)14-3/h4-9H,1-3H3/b12-8+/t15-/m0/s1. The van der Waals surface area contributed by atoms with Gasteiger partial charge in [-0.3, -0.25) is 0 Å². The Labute approximate surface area is 92.8 Å². The number of rotatable bonds is 4. The third-order valence-electron chi connectivity index (χ3n) is 1.80. The average Bonchev–Trinajstić information content (AvgIpc) is 2.26. The molecule has 0 saturated heterocycles. The second-order valence-electron chi connectivity index (χ2n) is 3.34. The molecule has 0 aliphatic rings. The molecule has 0 saturated carbocycles. The van der Waals surface area contributed by atoms with Gasteiger partial charge in [-0.05, 0) is 31.5 Å². The molecule has 82 valence electrons. The summed E-state index contributed by atoms with van der Waals surface area (Å²) in [6.07, 6.45) is 1.61. The van der Waals surface area contributed by atoms with Gasteiger partial charge in [-0.2, -0.15) is 4.40 Å². The molecular formula is C11H15NO2S. The van der Waals surface area contributed by atoms with Gasteiger partial charge in [0.15, 0.2) is 0 Å². The topological polar surface area (TPSA) is 38.7 Å². The van der Waals surface area contributed by atoms with Crippen LogP contribution in [-0.4, -0.2) is 22.8 Å². The van der Waals surface area contributed by atoms with Gasteiger partial charge in [0.25, 0.3) is 0 Å². The molecule has 3 nitrogen and oxygen atoms in total. The van der Waals surface area contributed by atoms with Crippen LogP contribution in [0.1, 0.15) is 19.4 Å². The molecule has 0 fully saturated rings. The molecule has 4 heteroatoms. The predicted octanol–water partition coefficient (Wildman–Crippen LogP) is 2.19. The normalized spacial score (nSPS) is 13.3. The molecule has 15 heavy (non-hydrogen) atoms. The van der Waals surface area contributed by atoms with Crippen molar-refractivity contribution in [1.29, 1.82) is 0 Å². The van der Waals surface area contributed by atoms with Gasteiger partial charge in [0.1, 0.15) is 16.7 Å². The van der Waals surface area contributed by atoms with Crippen molar-refractivity contribution < 1.29 is 8.95 Å². The second kappa shape index (κ2) is 5.66. The summed E-state index contributed by atoms with van der Waals surface area (Å²) in [7, 11) is 0.461. The zero-order valence-electron chi connectivity index (χ0n) is 9.14. The average molecular weight is 225 g/mol. The van der Waals surface area contributed by atoms with Crippen LogP contribution in [0.2, 0.25) is 0 Å². The molecule has 0 N–H and O–H groups in total. The molecule has 0 aliphatic carbocycles. The van der Waals surface area contributed by atoms with Crippen LogP contribution in [0, 0.1) is 0 Å². The van der Waals surface area contributed by atoms with E-state index in [0.717, 1.165) is 11.3 Å². The SMILES string of the molecule is COc1cccc(/C=N/[S@@](=O)C(C)C)c1. The lowest BCUT2D eigenvalue weighted by atomic mass is 10.2. The van der Waals surface area contributed by atoms with E-state index < -0.39 is 11.0 Å². The number of hydrogen-bond donors (Lipinski definition) is 0. The van der Waals surface area contributed by atoms with E-state index in [0.29, 0.717) is 0 Å². The Morgan fingerprint density at radius 3 is 2.80 bits per heavy atom. The molecule has 0 aromatic heterocycles. The van der Waals surface area contributed by atoms with E-state index >= 15 is 0 Å². The van der Waals surface area contributed by atoms with E-state index in [4.69, 9.17) is 4.74 Å². The summed E-state index contributed by atoms with van der Waals surface area (Å²) >= 11 is 0. The van der Waals surface area contributed by atoms with Crippen LogP contribution >= 0.6 is 0 Å². The van der Waals surface area contributed by atoms with E-state index in [1.54, 1.807) is 13.3 Å². The van der Waals surface area contributed by atoms with E-state index in [2.05, 4.69) is 4.40 Å². The number of methoxy groups -OCH3 is 1. The summed E-state index contributed by atoms with van der Waals surface area (Å²) in [5.74, 6) is 0.772. The van der Waals surface area contributed by atoms with Gasteiger partial charge < -0.3 is 4.74 Å². The highest BCUT2D eigenvalue weighted by Gasteiger charge is 2.00. The fourth-order valence-corrected chi connectivity index (χ4v) is 1.43. The van der Waals surface area contributed by atoms with Crippen LogP contribution in [0.15, 0.2) is 28.7 Å². The van der Waals surface area contributed by atoms with Crippen molar-refractivity contribution >= 4 is 17.2 Å². The smallest absolute Gasteiger partial charge is 0.141 e. The molecule has 0 bridgehead atoms. The highest BCUT2D eigenvalue weighted by atomic mass is 32.2. The number of ether oxygens (including phenoxy) is 1. The largest absolute Gasteiger partial charge is 0.497 e. The van der Waals surface area contributed by atoms with E-state index in [1.807, 2.05) is 38.1 Å². The molecular weight excluding hydrogens is 210 g/mol. The fraction of sp³-hybridized carbons (Fsp3) is 0.364. The van der Waals surface area contributed by atoms with Crippen molar-refractivity contribution in [2.75, 3.05) is 7.11 Å². The third kappa shape index (κ3) is 3.83. The lowest BCUT2D eigenvalue weighted by Crippen LogP contribution is -2.02. The first-order valence-corrected chi connectivity index (χ1v) is 5.89. The van der Waals surface area contributed by atoms with Gasteiger partial charge in [0, 0.05) is 6.21 Å². The number of nitrogens with zero attached hydrogens (tertiary/aromatic N) is 1. The van der Waals surface area contributed by atoms with Crippen LogP contribution in [-0.2, 0) is 11.0 Å². The molecule has 0 heterocycles. The maximum Gasteiger partial charge on any atom is 0.141 e. The molecule has 0 spiro atoms. The molecule has 0 amide bonds.